The van der Waals surface area contributed by atoms with Crippen LogP contribution in [0.3, 0.4) is 0 Å². The Morgan fingerprint density at radius 2 is 2.38 bits per heavy atom. The molecule has 1 aliphatic rings. The number of ether oxygens (including phenoxy) is 1. The summed E-state index contributed by atoms with van der Waals surface area (Å²) in [6.45, 7) is 1.82. The molecule has 1 saturated heterocycles. The van der Waals surface area contributed by atoms with Gasteiger partial charge in [0.15, 0.2) is 0 Å². The highest BCUT2D eigenvalue weighted by atomic mass is 32.1. The van der Waals surface area contributed by atoms with Crippen molar-refractivity contribution in [2.45, 2.75) is 19.3 Å². The zero-order chi connectivity index (χ0) is 9.42. The molecule has 0 radical (unpaired) electrons. The summed E-state index contributed by atoms with van der Waals surface area (Å²) in [5.41, 5.74) is 2.47. The van der Waals surface area contributed by atoms with E-state index in [0.717, 1.165) is 10.6 Å². The van der Waals surface area contributed by atoms with Crippen LogP contribution in [-0.4, -0.2) is 16.9 Å². The molecule has 2 rings (SSSR count). The lowest BCUT2D eigenvalue weighted by Gasteiger charge is -2.00. The SMILES string of the molecule is Cc1ncsc1C1CC(=O)OC1=O. The van der Waals surface area contributed by atoms with Gasteiger partial charge in [0, 0.05) is 4.88 Å². The number of aromatic nitrogens is 1. The number of esters is 2. The molecule has 5 heteroatoms. The topological polar surface area (TPSA) is 56.3 Å². The van der Waals surface area contributed by atoms with Crippen molar-refractivity contribution >= 4 is 23.3 Å². The average molecular weight is 197 g/mol. The van der Waals surface area contributed by atoms with E-state index in [9.17, 15) is 9.59 Å². The molecule has 1 aromatic heterocycles. The van der Waals surface area contributed by atoms with Gasteiger partial charge in [-0.15, -0.1) is 11.3 Å². The monoisotopic (exact) mass is 197 g/mol. The molecular formula is C8H7NO3S. The number of carbonyl (C=O) groups is 2. The summed E-state index contributed by atoms with van der Waals surface area (Å²) in [5.74, 6) is -1.31. The Morgan fingerprint density at radius 1 is 1.62 bits per heavy atom. The third-order valence-corrected chi connectivity index (χ3v) is 3.01. The lowest BCUT2D eigenvalue weighted by molar-refractivity contribution is -0.152. The first kappa shape index (κ1) is 8.37. The molecule has 1 atom stereocenters. The summed E-state index contributed by atoms with van der Waals surface area (Å²) in [6, 6.07) is 0. The molecule has 4 nitrogen and oxygen atoms in total. The maximum Gasteiger partial charge on any atom is 0.322 e. The predicted molar refractivity (Wildman–Crippen MR) is 45.3 cm³/mol. The Bertz CT molecular complexity index is 371. The predicted octanol–water partition coefficient (Wildman–Crippen LogP) is 1.01. The summed E-state index contributed by atoms with van der Waals surface area (Å²) in [5, 5.41) is 0. The van der Waals surface area contributed by atoms with Gasteiger partial charge in [-0.2, -0.15) is 0 Å². The van der Waals surface area contributed by atoms with Crippen molar-refractivity contribution in [3.8, 4) is 0 Å². The zero-order valence-corrected chi connectivity index (χ0v) is 7.76. The third kappa shape index (κ3) is 1.35. The minimum absolute atomic E-state index is 0.155. The highest BCUT2D eigenvalue weighted by Gasteiger charge is 2.36. The highest BCUT2D eigenvalue weighted by Crippen LogP contribution is 2.31. The number of hydrogen-bond acceptors (Lipinski definition) is 5. The molecular weight excluding hydrogens is 190 g/mol. The van der Waals surface area contributed by atoms with E-state index in [1.54, 1.807) is 5.51 Å². The van der Waals surface area contributed by atoms with Crippen molar-refractivity contribution in [3.05, 3.63) is 16.1 Å². The van der Waals surface area contributed by atoms with Crippen LogP contribution in [0, 0.1) is 6.92 Å². The second-order valence-corrected chi connectivity index (χ2v) is 3.74. The van der Waals surface area contributed by atoms with Crippen LogP contribution in [0.1, 0.15) is 22.9 Å². The van der Waals surface area contributed by atoms with Gasteiger partial charge in [-0.1, -0.05) is 0 Å². The first-order valence-corrected chi connectivity index (χ1v) is 4.71. The molecule has 0 spiro atoms. The molecule has 0 aromatic carbocycles. The quantitative estimate of drug-likeness (QED) is 0.498. The number of aryl methyl sites for hydroxylation is 1. The fourth-order valence-corrected chi connectivity index (χ4v) is 2.21. The molecule has 0 bridgehead atoms. The van der Waals surface area contributed by atoms with E-state index < -0.39 is 17.9 Å². The summed E-state index contributed by atoms with van der Waals surface area (Å²) < 4.78 is 4.45. The number of nitrogens with zero attached hydrogens (tertiary/aromatic N) is 1. The molecule has 13 heavy (non-hydrogen) atoms. The molecule has 0 aliphatic carbocycles. The molecule has 68 valence electrons. The van der Waals surface area contributed by atoms with E-state index in [1.165, 1.54) is 11.3 Å². The van der Waals surface area contributed by atoms with Gasteiger partial charge >= 0.3 is 11.9 Å². The Labute approximate surface area is 78.5 Å². The normalized spacial score (nSPS) is 22.1. The van der Waals surface area contributed by atoms with Crippen LogP contribution in [0.25, 0.3) is 0 Å². The Kier molecular flexibility index (Phi) is 1.88. The van der Waals surface area contributed by atoms with Gasteiger partial charge in [0.05, 0.1) is 17.6 Å². The summed E-state index contributed by atoms with van der Waals surface area (Å²) >= 11 is 1.39. The van der Waals surface area contributed by atoms with Crippen molar-refractivity contribution in [3.63, 3.8) is 0 Å². The Hall–Kier alpha value is -1.23. The molecule has 1 fully saturated rings. The van der Waals surface area contributed by atoms with Crippen molar-refractivity contribution in [2.75, 3.05) is 0 Å². The van der Waals surface area contributed by atoms with Gasteiger partial charge in [0.2, 0.25) is 0 Å². The van der Waals surface area contributed by atoms with Gasteiger partial charge in [-0.25, -0.2) is 4.98 Å². The number of hydrogen-bond donors (Lipinski definition) is 0. The maximum absolute atomic E-state index is 11.2. The van der Waals surface area contributed by atoms with Gasteiger partial charge in [0.25, 0.3) is 0 Å². The molecule has 0 N–H and O–H groups in total. The van der Waals surface area contributed by atoms with Crippen molar-refractivity contribution < 1.29 is 14.3 Å². The smallest absolute Gasteiger partial charge is 0.322 e. The number of rotatable bonds is 1. The van der Waals surface area contributed by atoms with Crippen LogP contribution in [0.2, 0.25) is 0 Å². The standard InChI is InChI=1S/C8H7NO3S/c1-4-7(13-3-9-4)5-2-6(10)12-8(5)11/h3,5H,2H2,1H3. The first-order chi connectivity index (χ1) is 6.18. The number of thiazole rings is 1. The van der Waals surface area contributed by atoms with E-state index in [-0.39, 0.29) is 6.42 Å². The molecule has 1 aromatic rings. The van der Waals surface area contributed by atoms with Crippen LogP contribution < -0.4 is 0 Å². The van der Waals surface area contributed by atoms with E-state index in [0.29, 0.717) is 0 Å². The third-order valence-electron chi connectivity index (χ3n) is 1.97. The first-order valence-electron chi connectivity index (χ1n) is 3.83. The second-order valence-electron chi connectivity index (χ2n) is 2.85. The van der Waals surface area contributed by atoms with Crippen LogP contribution in [0.15, 0.2) is 5.51 Å². The number of cyclic esters (lactones) is 2. The fourth-order valence-electron chi connectivity index (χ4n) is 1.32. The highest BCUT2D eigenvalue weighted by molar-refractivity contribution is 7.10. The molecule has 1 unspecified atom stereocenters. The second kappa shape index (κ2) is 2.92. The largest absolute Gasteiger partial charge is 0.393 e. The Balaban J connectivity index is 2.32. The van der Waals surface area contributed by atoms with Crippen molar-refractivity contribution in [1.29, 1.82) is 0 Å². The lowest BCUT2D eigenvalue weighted by Crippen LogP contribution is -2.05. The minimum Gasteiger partial charge on any atom is -0.393 e. The number of carbonyl (C=O) groups excluding carboxylic acids is 2. The van der Waals surface area contributed by atoms with E-state index in [4.69, 9.17) is 0 Å². The average Bonchev–Trinajstić information content (AvgIpc) is 2.58. The molecule has 1 aliphatic heterocycles. The van der Waals surface area contributed by atoms with Gasteiger partial charge < -0.3 is 4.74 Å². The van der Waals surface area contributed by atoms with Crippen LogP contribution >= 0.6 is 11.3 Å². The van der Waals surface area contributed by atoms with Gasteiger partial charge in [-0.3, -0.25) is 9.59 Å². The van der Waals surface area contributed by atoms with E-state index in [2.05, 4.69) is 9.72 Å². The van der Waals surface area contributed by atoms with Crippen molar-refractivity contribution in [1.82, 2.24) is 4.98 Å². The fraction of sp³-hybridized carbons (Fsp3) is 0.375. The summed E-state index contributed by atoms with van der Waals surface area (Å²) in [7, 11) is 0. The van der Waals surface area contributed by atoms with Gasteiger partial charge in [0.1, 0.15) is 5.92 Å². The maximum atomic E-state index is 11.2. The lowest BCUT2D eigenvalue weighted by atomic mass is 10.1. The Morgan fingerprint density at radius 3 is 2.85 bits per heavy atom. The van der Waals surface area contributed by atoms with Crippen molar-refractivity contribution in [2.24, 2.45) is 0 Å². The zero-order valence-electron chi connectivity index (χ0n) is 6.94. The minimum atomic E-state index is -0.447. The molecule has 2 heterocycles. The molecule has 0 saturated carbocycles. The molecule has 0 amide bonds. The summed E-state index contributed by atoms with van der Waals surface area (Å²) in [6.07, 6.45) is 0.155. The van der Waals surface area contributed by atoms with Crippen LogP contribution in [0.5, 0.6) is 0 Å². The summed E-state index contributed by atoms with van der Waals surface area (Å²) in [4.78, 5) is 26.8. The van der Waals surface area contributed by atoms with E-state index >= 15 is 0 Å². The van der Waals surface area contributed by atoms with Crippen LogP contribution in [0.4, 0.5) is 0 Å². The van der Waals surface area contributed by atoms with E-state index in [1.807, 2.05) is 6.92 Å². The van der Waals surface area contributed by atoms with Crippen LogP contribution in [-0.2, 0) is 14.3 Å². The van der Waals surface area contributed by atoms with Gasteiger partial charge in [-0.05, 0) is 6.92 Å².